The molecule has 0 bridgehead atoms. The molecule has 0 fully saturated rings. The van der Waals surface area contributed by atoms with Crippen LogP contribution in [0.4, 0.5) is 0 Å². The Labute approximate surface area is 598 Å². The largest absolute Gasteiger partial charge is 0.472 e. The fourth-order valence-corrected chi connectivity index (χ4v) is 13.0. The summed E-state index contributed by atoms with van der Waals surface area (Å²) in [5.41, 5.74) is 7.07. The van der Waals surface area contributed by atoms with Gasteiger partial charge in [-0.25, -0.2) is 9.13 Å². The number of carbonyl (C=O) groups excluding carboxylic acids is 4. The number of phosphoric ester groups is 2. The summed E-state index contributed by atoms with van der Waals surface area (Å²) in [6, 6.07) is 13.0. The number of unbranched alkanes of at least 4 members (excludes halogenated alkanes) is 32. The van der Waals surface area contributed by atoms with Crippen LogP contribution in [0.15, 0.2) is 36.4 Å². The van der Waals surface area contributed by atoms with E-state index in [4.69, 9.17) is 37.0 Å². The summed E-state index contributed by atoms with van der Waals surface area (Å²) in [4.78, 5) is 71.7. The van der Waals surface area contributed by atoms with Crippen LogP contribution < -0.4 is 0 Å². The van der Waals surface area contributed by atoms with E-state index in [1.54, 1.807) is 0 Å². The molecule has 4 atom stereocenters. The van der Waals surface area contributed by atoms with Gasteiger partial charge in [0.1, 0.15) is 39.5 Å². The van der Waals surface area contributed by atoms with Crippen LogP contribution in [0, 0.1) is 23.7 Å². The molecule has 0 radical (unpaired) electrons. The second-order valence-electron chi connectivity index (χ2n) is 29.2. The Morgan fingerprint density at radius 1 is 0.404 bits per heavy atom. The highest BCUT2D eigenvalue weighted by molar-refractivity contribution is 7.47. The molecule has 18 nitrogen and oxygen atoms in total. The maximum Gasteiger partial charge on any atom is 0.472 e. The van der Waals surface area contributed by atoms with E-state index in [0.717, 1.165) is 133 Å². The number of rotatable bonds is 60. The fourth-order valence-electron chi connectivity index (χ4n) is 11.5. The molecular weight excluding hydrogens is 1290 g/mol. The third-order valence-electron chi connectivity index (χ3n) is 17.5. The molecule has 0 aromatic heterocycles. The van der Waals surface area contributed by atoms with Crippen molar-refractivity contribution in [3.05, 3.63) is 58.7 Å². The summed E-state index contributed by atoms with van der Waals surface area (Å²) in [6.07, 6.45) is 37.9. The Balaban J connectivity index is 1.31. The number of nitrogens with zero attached hydrogens (tertiary/aromatic N) is 2. The van der Waals surface area contributed by atoms with E-state index in [1.807, 2.05) is 42.3 Å². The number of hydrogen-bond acceptors (Lipinski definition) is 14. The summed E-state index contributed by atoms with van der Waals surface area (Å²) in [5, 5.41) is 0. The van der Waals surface area contributed by atoms with Gasteiger partial charge in [0.15, 0.2) is 12.2 Å². The van der Waals surface area contributed by atoms with Gasteiger partial charge >= 0.3 is 39.5 Å². The predicted molar refractivity (Wildman–Crippen MR) is 395 cm³/mol. The Bertz CT molecular complexity index is 2610. The number of phosphoric acid groups is 2. The molecule has 0 aliphatic heterocycles. The first-order valence-corrected chi connectivity index (χ1v) is 41.2. The highest BCUT2D eigenvalue weighted by Gasteiger charge is 2.29. The number of esters is 4. The van der Waals surface area contributed by atoms with Gasteiger partial charge in [0.2, 0.25) is 0 Å². The van der Waals surface area contributed by atoms with Crippen molar-refractivity contribution in [1.29, 1.82) is 0 Å². The van der Waals surface area contributed by atoms with Crippen molar-refractivity contribution in [3.8, 4) is 34.8 Å². The average molecular weight is 1430 g/mol. The van der Waals surface area contributed by atoms with Crippen LogP contribution >= 0.6 is 15.6 Å². The summed E-state index contributed by atoms with van der Waals surface area (Å²) in [7, 11) is 2.76. The van der Waals surface area contributed by atoms with Gasteiger partial charge in [-0.3, -0.25) is 37.3 Å². The van der Waals surface area contributed by atoms with Gasteiger partial charge in [0.25, 0.3) is 0 Å². The number of hydrogen-bond donors (Lipinski definition) is 2. The van der Waals surface area contributed by atoms with E-state index in [2.05, 4.69) is 73.9 Å². The second-order valence-corrected chi connectivity index (χ2v) is 32.1. The van der Waals surface area contributed by atoms with Gasteiger partial charge in [-0.2, -0.15) is 0 Å². The Kier molecular flexibility index (Phi) is 47.9. The molecule has 3 rings (SSSR count). The van der Waals surface area contributed by atoms with Crippen molar-refractivity contribution in [2.24, 2.45) is 0 Å². The first-order valence-electron chi connectivity index (χ1n) is 38.2. The third kappa shape index (κ3) is 48.2. The molecule has 0 spiro atoms. The molecule has 0 saturated heterocycles. The number of quaternary nitrogens is 2. The van der Waals surface area contributed by atoms with Gasteiger partial charge in [0, 0.05) is 49.7 Å². The summed E-state index contributed by atoms with van der Waals surface area (Å²) in [6.45, 7) is 4.00. The van der Waals surface area contributed by atoms with Crippen molar-refractivity contribution < 1.29 is 84.1 Å². The predicted octanol–water partition coefficient (Wildman–Crippen LogP) is 18.2. The summed E-state index contributed by atoms with van der Waals surface area (Å²) in [5.74, 6) is 11.7. The molecule has 2 N–H and O–H groups in total. The van der Waals surface area contributed by atoms with Crippen molar-refractivity contribution in [2.75, 3.05) is 95.0 Å². The van der Waals surface area contributed by atoms with Crippen LogP contribution in [0.3, 0.4) is 0 Å². The summed E-state index contributed by atoms with van der Waals surface area (Å²) < 4.78 is 69.2. The minimum absolute atomic E-state index is 0.00125. The lowest BCUT2D eigenvalue weighted by atomic mass is 10.0. The molecule has 0 heterocycles. The van der Waals surface area contributed by atoms with Crippen LogP contribution in [0.2, 0.25) is 0 Å². The molecule has 99 heavy (non-hydrogen) atoms. The molecular formula is C79H132N2O16P2+2. The zero-order chi connectivity index (χ0) is 72.3. The first-order chi connectivity index (χ1) is 47.5. The van der Waals surface area contributed by atoms with E-state index >= 15 is 0 Å². The number of benzene rings is 2. The zero-order valence-corrected chi connectivity index (χ0v) is 64.5. The lowest BCUT2D eigenvalue weighted by Crippen LogP contribution is -2.37. The Morgan fingerprint density at radius 3 is 1.01 bits per heavy atom. The van der Waals surface area contributed by atoms with Gasteiger partial charge in [-0.05, 0) is 91.5 Å². The molecule has 1 aliphatic rings. The quantitative estimate of drug-likeness (QED) is 0.0134. The Hall–Kier alpha value is -4.42. The number of carbonyl (C=O) groups is 4. The Morgan fingerprint density at radius 2 is 0.697 bits per heavy atom. The van der Waals surface area contributed by atoms with Crippen LogP contribution in [-0.2, 0) is 71.8 Å². The highest BCUT2D eigenvalue weighted by Crippen LogP contribution is 2.44. The maximum absolute atomic E-state index is 12.9. The van der Waals surface area contributed by atoms with Crippen LogP contribution in [-0.4, -0.2) is 150 Å². The van der Waals surface area contributed by atoms with E-state index in [-0.39, 0.29) is 52.1 Å². The molecule has 20 heteroatoms. The standard InChI is InChI=1S/C79H130N2O16P2/c1-9-11-13-15-17-19-21-23-31-37-43-49-76(82)90-64-72(66-94-98(86,87)92-59-57-80(3,4)5)96-78(84)51-45-39-33-27-25-29-35-41-47-68-53-55-74-70(61-68)63-71-62-69(54-56-75(71)74)48-42-36-30-26-28-34-40-46-52-79(85)97-73(67-95-99(88,89)93-60-58-81(6,7)8)65-91-77(83)50-44-38-32-24-22-20-18-16-14-12-10-2/h53-56,61-62,72-73H,9-40,43-46,49-52,57-60,63-67H2,1-8H3/p+2/t72-,73-/m0/s1. The topological polar surface area (TPSA) is 217 Å². The number of fused-ring (bicyclic) bond motifs is 3. The normalized spacial score (nSPS) is 13.8. The maximum atomic E-state index is 12.9. The molecule has 0 amide bonds. The minimum Gasteiger partial charge on any atom is -0.462 e. The molecule has 2 aromatic carbocycles. The minimum atomic E-state index is -4.43. The number of likely N-dealkylation sites (N-methyl/N-ethyl adjacent to an activating group) is 2. The zero-order valence-electron chi connectivity index (χ0n) is 62.7. The van der Waals surface area contributed by atoms with Crippen molar-refractivity contribution in [1.82, 2.24) is 0 Å². The van der Waals surface area contributed by atoms with Crippen LogP contribution in [0.25, 0.3) is 11.1 Å². The van der Waals surface area contributed by atoms with Gasteiger partial charge in [-0.1, -0.05) is 229 Å². The van der Waals surface area contributed by atoms with E-state index in [9.17, 15) is 38.1 Å². The lowest BCUT2D eigenvalue weighted by molar-refractivity contribution is -0.870. The van der Waals surface area contributed by atoms with Crippen molar-refractivity contribution >= 4 is 39.5 Å². The fraction of sp³-hybridized carbons (Fsp3) is 0.747. The lowest BCUT2D eigenvalue weighted by Gasteiger charge is -2.24. The third-order valence-corrected chi connectivity index (χ3v) is 19.5. The first kappa shape index (κ1) is 88.8. The van der Waals surface area contributed by atoms with E-state index in [0.29, 0.717) is 47.7 Å². The summed E-state index contributed by atoms with van der Waals surface area (Å²) >= 11 is 0. The molecule has 1 aliphatic carbocycles. The molecule has 2 unspecified atom stereocenters. The second kappa shape index (κ2) is 53.4. The van der Waals surface area contributed by atoms with Crippen LogP contribution in [0.1, 0.15) is 293 Å². The van der Waals surface area contributed by atoms with Gasteiger partial charge in [0.05, 0.1) is 55.5 Å². The van der Waals surface area contributed by atoms with E-state index < -0.39 is 64.9 Å². The molecule has 2 aromatic rings. The van der Waals surface area contributed by atoms with Crippen LogP contribution in [0.5, 0.6) is 0 Å². The average Bonchev–Trinajstić information content (AvgIpc) is 1.64. The smallest absolute Gasteiger partial charge is 0.462 e. The van der Waals surface area contributed by atoms with Gasteiger partial charge < -0.3 is 37.7 Å². The highest BCUT2D eigenvalue weighted by atomic mass is 31.2. The van der Waals surface area contributed by atoms with Gasteiger partial charge in [-0.15, -0.1) is 0 Å². The molecule has 562 valence electrons. The van der Waals surface area contributed by atoms with Crippen molar-refractivity contribution in [3.63, 3.8) is 0 Å². The van der Waals surface area contributed by atoms with E-state index in [1.165, 1.54) is 112 Å². The SMILES string of the molecule is CCCCCCCCCCCCCC(=O)OC[C@@H](COP(=O)(O)OCC[N+](C)(C)C)OC(=O)CCCCCCCCC#Cc1ccc2c(c1)Cc1cc(C#CCCCCCCCCC(=O)O[C@@H](COC(=O)CCCCCCCCCCCCC)COP(=O)(O)OCC[N+](C)(C)C)ccc1-2. The monoisotopic (exact) mass is 1430 g/mol. The van der Waals surface area contributed by atoms with Crippen molar-refractivity contribution in [2.45, 2.75) is 289 Å². The molecule has 0 saturated carbocycles. The number of ether oxygens (including phenoxy) is 4.